The molecule has 0 aliphatic rings. The predicted octanol–water partition coefficient (Wildman–Crippen LogP) is 2.06. The van der Waals surface area contributed by atoms with Crippen molar-refractivity contribution in [2.24, 2.45) is 10.2 Å². The Bertz CT molecular complexity index is 508. The normalized spacial score (nSPS) is 10.8. The summed E-state index contributed by atoms with van der Waals surface area (Å²) in [5.41, 5.74) is 12.9. The number of anilines is 2. The first-order valence-corrected chi connectivity index (χ1v) is 4.59. The molecular weight excluding hydrogens is 204 g/mol. The zero-order valence-electron chi connectivity index (χ0n) is 8.41. The zero-order valence-corrected chi connectivity index (χ0v) is 8.41. The van der Waals surface area contributed by atoms with Gasteiger partial charge in [0, 0.05) is 18.1 Å². The highest BCUT2D eigenvalue weighted by molar-refractivity contribution is 5.67. The third-order valence-corrected chi connectivity index (χ3v) is 1.85. The van der Waals surface area contributed by atoms with E-state index < -0.39 is 0 Å². The van der Waals surface area contributed by atoms with Crippen molar-refractivity contribution in [1.29, 1.82) is 0 Å². The Balaban J connectivity index is 2.24. The lowest BCUT2D eigenvalue weighted by Crippen LogP contribution is -1.89. The molecule has 1 aromatic carbocycles. The minimum absolute atomic E-state index is 0.290. The molecule has 0 bridgehead atoms. The lowest BCUT2D eigenvalue weighted by molar-refractivity contribution is 1.07. The number of nitrogens with two attached hydrogens (primary N) is 2. The quantitative estimate of drug-likeness (QED) is 0.589. The molecule has 0 aliphatic heterocycles. The number of hydrogen-bond donors (Lipinski definition) is 2. The van der Waals surface area contributed by atoms with Crippen molar-refractivity contribution in [3.05, 3.63) is 36.7 Å². The lowest BCUT2D eigenvalue weighted by Gasteiger charge is -1.99. The molecule has 6 nitrogen and oxygen atoms in total. The van der Waals surface area contributed by atoms with E-state index in [0.29, 0.717) is 23.0 Å². The van der Waals surface area contributed by atoms with Gasteiger partial charge in [-0.25, -0.2) is 9.97 Å². The van der Waals surface area contributed by atoms with E-state index in [0.717, 1.165) is 0 Å². The van der Waals surface area contributed by atoms with Crippen molar-refractivity contribution in [3.63, 3.8) is 0 Å². The largest absolute Gasteiger partial charge is 0.399 e. The summed E-state index contributed by atoms with van der Waals surface area (Å²) in [4.78, 5) is 7.81. The van der Waals surface area contributed by atoms with Crippen molar-refractivity contribution in [1.82, 2.24) is 9.97 Å². The molecule has 0 fully saturated rings. The average molecular weight is 214 g/mol. The molecule has 1 aromatic heterocycles. The van der Waals surface area contributed by atoms with Crippen LogP contribution in [0.15, 0.2) is 46.9 Å². The second kappa shape index (κ2) is 4.35. The smallest absolute Gasteiger partial charge is 0.268 e. The minimum Gasteiger partial charge on any atom is -0.399 e. The number of aromatic nitrogens is 2. The molecule has 80 valence electrons. The molecule has 0 aliphatic carbocycles. The first kappa shape index (κ1) is 10.0. The van der Waals surface area contributed by atoms with Gasteiger partial charge in [-0.15, -0.1) is 10.2 Å². The van der Waals surface area contributed by atoms with Gasteiger partial charge in [-0.2, -0.15) is 0 Å². The van der Waals surface area contributed by atoms with Gasteiger partial charge in [-0.1, -0.05) is 0 Å². The summed E-state index contributed by atoms with van der Waals surface area (Å²) >= 11 is 0. The van der Waals surface area contributed by atoms with Crippen LogP contribution in [0.3, 0.4) is 0 Å². The molecule has 0 atom stereocenters. The van der Waals surface area contributed by atoms with Crippen LogP contribution in [-0.2, 0) is 0 Å². The maximum Gasteiger partial charge on any atom is 0.268 e. The highest BCUT2D eigenvalue weighted by atomic mass is 15.2. The Morgan fingerprint density at radius 3 is 2.44 bits per heavy atom. The van der Waals surface area contributed by atoms with E-state index in [-0.39, 0.29) is 0 Å². The molecule has 2 aromatic rings. The van der Waals surface area contributed by atoms with E-state index in [4.69, 9.17) is 11.5 Å². The van der Waals surface area contributed by atoms with Crippen LogP contribution < -0.4 is 11.5 Å². The molecule has 0 amide bonds. The Labute approximate surface area is 92.1 Å². The topological polar surface area (TPSA) is 103 Å². The molecule has 2 rings (SSSR count). The van der Waals surface area contributed by atoms with Crippen molar-refractivity contribution >= 4 is 23.0 Å². The fourth-order valence-electron chi connectivity index (χ4n) is 1.11. The van der Waals surface area contributed by atoms with Crippen LogP contribution in [0.25, 0.3) is 0 Å². The summed E-state index contributed by atoms with van der Waals surface area (Å²) in [6.07, 6.45) is 3.18. The summed E-state index contributed by atoms with van der Waals surface area (Å²) < 4.78 is 0. The molecule has 0 spiro atoms. The number of rotatable bonds is 2. The maximum atomic E-state index is 5.71. The van der Waals surface area contributed by atoms with Crippen LogP contribution in [0, 0.1) is 0 Å². The number of azo groups is 1. The van der Waals surface area contributed by atoms with Crippen LogP contribution in [0.1, 0.15) is 0 Å². The van der Waals surface area contributed by atoms with Gasteiger partial charge in [0.1, 0.15) is 5.69 Å². The Morgan fingerprint density at radius 2 is 1.75 bits per heavy atom. The van der Waals surface area contributed by atoms with Crippen molar-refractivity contribution in [3.8, 4) is 0 Å². The van der Waals surface area contributed by atoms with Crippen LogP contribution in [0.5, 0.6) is 0 Å². The fourth-order valence-corrected chi connectivity index (χ4v) is 1.11. The molecule has 0 saturated carbocycles. The zero-order chi connectivity index (χ0) is 11.4. The van der Waals surface area contributed by atoms with Crippen LogP contribution in [0.2, 0.25) is 0 Å². The van der Waals surface area contributed by atoms with Crippen LogP contribution in [-0.4, -0.2) is 9.97 Å². The van der Waals surface area contributed by atoms with Gasteiger partial charge in [0.15, 0.2) is 0 Å². The number of hydrogen-bond acceptors (Lipinski definition) is 6. The third kappa shape index (κ3) is 2.30. The third-order valence-electron chi connectivity index (χ3n) is 1.85. The van der Waals surface area contributed by atoms with Gasteiger partial charge < -0.3 is 11.5 Å². The first-order chi connectivity index (χ1) is 7.75. The molecular formula is C10H10N6. The molecule has 0 radical (unpaired) electrons. The Morgan fingerprint density at radius 1 is 1.00 bits per heavy atom. The molecule has 0 unspecified atom stereocenters. The SMILES string of the molecule is Nc1ccc(N=Nc2ncccn2)c(N)c1. The number of nitrogen functional groups attached to an aromatic ring is 2. The minimum atomic E-state index is 0.290. The van der Waals surface area contributed by atoms with Crippen molar-refractivity contribution in [2.45, 2.75) is 0 Å². The molecule has 1 heterocycles. The van der Waals surface area contributed by atoms with Gasteiger partial charge in [-0.05, 0) is 24.3 Å². The summed E-state index contributed by atoms with van der Waals surface area (Å²) in [5.74, 6) is 0.290. The van der Waals surface area contributed by atoms with E-state index >= 15 is 0 Å². The Kier molecular flexibility index (Phi) is 2.73. The van der Waals surface area contributed by atoms with Crippen molar-refractivity contribution < 1.29 is 0 Å². The van der Waals surface area contributed by atoms with Gasteiger partial charge in [0.25, 0.3) is 5.95 Å². The summed E-state index contributed by atoms with van der Waals surface area (Å²) in [7, 11) is 0. The van der Waals surface area contributed by atoms with E-state index in [1.54, 1.807) is 36.7 Å². The van der Waals surface area contributed by atoms with Gasteiger partial charge in [-0.3, -0.25) is 0 Å². The van der Waals surface area contributed by atoms with E-state index in [9.17, 15) is 0 Å². The number of benzene rings is 1. The van der Waals surface area contributed by atoms with Crippen LogP contribution >= 0.6 is 0 Å². The summed E-state index contributed by atoms with van der Waals surface area (Å²) in [5, 5.41) is 7.79. The molecule has 0 saturated heterocycles. The fraction of sp³-hybridized carbons (Fsp3) is 0. The summed E-state index contributed by atoms with van der Waals surface area (Å²) in [6.45, 7) is 0. The van der Waals surface area contributed by atoms with Crippen molar-refractivity contribution in [2.75, 3.05) is 11.5 Å². The average Bonchev–Trinajstić information content (AvgIpc) is 2.29. The second-order valence-electron chi connectivity index (χ2n) is 3.07. The van der Waals surface area contributed by atoms with Gasteiger partial charge in [0.05, 0.1) is 5.69 Å². The van der Waals surface area contributed by atoms with E-state index in [1.807, 2.05) is 0 Å². The standard InChI is InChI=1S/C10H10N6/c11-7-2-3-9(8(12)6-7)15-16-10-13-4-1-5-14-10/h1-6H,11-12H2. The lowest BCUT2D eigenvalue weighted by atomic mass is 10.2. The number of nitrogens with zero attached hydrogens (tertiary/aromatic N) is 4. The first-order valence-electron chi connectivity index (χ1n) is 4.59. The van der Waals surface area contributed by atoms with Crippen LogP contribution in [0.4, 0.5) is 23.0 Å². The van der Waals surface area contributed by atoms with Gasteiger partial charge in [0.2, 0.25) is 0 Å². The summed E-state index contributed by atoms with van der Waals surface area (Å²) in [6, 6.07) is 6.73. The van der Waals surface area contributed by atoms with E-state index in [1.165, 1.54) is 0 Å². The van der Waals surface area contributed by atoms with Gasteiger partial charge >= 0.3 is 0 Å². The second-order valence-corrected chi connectivity index (χ2v) is 3.07. The van der Waals surface area contributed by atoms with E-state index in [2.05, 4.69) is 20.2 Å². The highest BCUT2D eigenvalue weighted by Crippen LogP contribution is 2.25. The monoisotopic (exact) mass is 214 g/mol. The molecule has 6 heteroatoms. The molecule has 4 N–H and O–H groups in total. The highest BCUT2D eigenvalue weighted by Gasteiger charge is 1.97. The predicted molar refractivity (Wildman–Crippen MR) is 61.5 cm³/mol. The molecule has 16 heavy (non-hydrogen) atoms. The maximum absolute atomic E-state index is 5.71. The Hall–Kier alpha value is -2.50.